The van der Waals surface area contributed by atoms with E-state index in [4.69, 9.17) is 0 Å². The average molecular weight is 216 g/mol. The number of hydrogen-bond donors (Lipinski definition) is 0. The Kier molecular flexibility index (Phi) is 2.39. The second-order valence-electron chi connectivity index (χ2n) is 4.85. The third-order valence-electron chi connectivity index (χ3n) is 3.86. The maximum Gasteiger partial charge on any atom is 0.272 e. The molecule has 1 aliphatic carbocycles. The highest BCUT2D eigenvalue weighted by atomic mass is 16.2. The first kappa shape index (κ1) is 9.82. The Balaban J connectivity index is 1.81. The van der Waals surface area contributed by atoms with Crippen molar-refractivity contribution in [1.82, 2.24) is 9.88 Å². The van der Waals surface area contributed by atoms with Crippen molar-refractivity contribution in [3.8, 4) is 0 Å². The molecule has 0 atom stereocenters. The van der Waals surface area contributed by atoms with Gasteiger partial charge in [-0.2, -0.15) is 0 Å². The molecule has 0 spiro atoms. The largest absolute Gasteiger partial charge is 0.334 e. The third kappa shape index (κ3) is 1.60. The molecule has 1 saturated carbocycles. The lowest BCUT2D eigenvalue weighted by atomic mass is 9.80. The first-order chi connectivity index (χ1) is 7.84. The number of fused-ring (bicyclic) bond motifs is 3. The van der Waals surface area contributed by atoms with Crippen molar-refractivity contribution in [2.75, 3.05) is 6.54 Å². The Morgan fingerprint density at radius 1 is 1.25 bits per heavy atom. The zero-order valence-electron chi connectivity index (χ0n) is 9.30. The van der Waals surface area contributed by atoms with Crippen LogP contribution in [0.15, 0.2) is 24.4 Å². The molecule has 1 aromatic heterocycles. The van der Waals surface area contributed by atoms with Crippen molar-refractivity contribution in [3.05, 3.63) is 30.1 Å². The van der Waals surface area contributed by atoms with Gasteiger partial charge in [0.05, 0.1) is 0 Å². The van der Waals surface area contributed by atoms with Crippen LogP contribution in [-0.2, 0) is 0 Å². The van der Waals surface area contributed by atoms with Gasteiger partial charge in [0, 0.05) is 18.8 Å². The third-order valence-corrected chi connectivity index (χ3v) is 3.86. The molecule has 2 bridgehead atoms. The molecule has 2 saturated heterocycles. The second kappa shape index (κ2) is 3.89. The molecule has 1 amide bonds. The van der Waals surface area contributed by atoms with Gasteiger partial charge in [0.15, 0.2) is 0 Å². The zero-order valence-corrected chi connectivity index (χ0v) is 9.30. The highest BCUT2D eigenvalue weighted by Crippen LogP contribution is 2.35. The maximum absolute atomic E-state index is 12.3. The molecule has 84 valence electrons. The van der Waals surface area contributed by atoms with Gasteiger partial charge in [0.2, 0.25) is 0 Å². The molecule has 0 unspecified atom stereocenters. The summed E-state index contributed by atoms with van der Waals surface area (Å²) in [6.45, 7) is 0.945. The van der Waals surface area contributed by atoms with E-state index in [2.05, 4.69) is 4.98 Å². The summed E-state index contributed by atoms with van der Waals surface area (Å²) in [6, 6.07) is 6.01. The number of carbonyl (C=O) groups excluding carboxylic acids is 1. The van der Waals surface area contributed by atoms with Gasteiger partial charge in [0.1, 0.15) is 5.69 Å². The van der Waals surface area contributed by atoms with E-state index in [0.29, 0.717) is 11.7 Å². The predicted molar refractivity (Wildman–Crippen MR) is 61.0 cm³/mol. The Labute approximate surface area is 95.5 Å². The number of amides is 1. The van der Waals surface area contributed by atoms with Crippen molar-refractivity contribution in [3.63, 3.8) is 0 Å². The van der Waals surface area contributed by atoms with Gasteiger partial charge in [0.25, 0.3) is 5.91 Å². The Bertz CT molecular complexity index is 382. The smallest absolute Gasteiger partial charge is 0.272 e. The number of nitrogens with zero attached hydrogens (tertiary/aromatic N) is 2. The second-order valence-corrected chi connectivity index (χ2v) is 4.85. The molecule has 3 aliphatic rings. The van der Waals surface area contributed by atoms with Crippen LogP contribution in [0.4, 0.5) is 0 Å². The summed E-state index contributed by atoms with van der Waals surface area (Å²) >= 11 is 0. The molecule has 0 aromatic carbocycles. The number of carbonyl (C=O) groups is 1. The van der Waals surface area contributed by atoms with Gasteiger partial charge in [-0.3, -0.25) is 9.78 Å². The van der Waals surface area contributed by atoms with Gasteiger partial charge in [-0.15, -0.1) is 0 Å². The normalized spacial score (nSPS) is 28.1. The van der Waals surface area contributed by atoms with Gasteiger partial charge in [-0.25, -0.2) is 0 Å². The molecule has 0 radical (unpaired) electrons. The van der Waals surface area contributed by atoms with E-state index in [0.717, 1.165) is 12.5 Å². The lowest BCUT2D eigenvalue weighted by Crippen LogP contribution is -2.51. The van der Waals surface area contributed by atoms with Crippen LogP contribution in [-0.4, -0.2) is 28.4 Å². The van der Waals surface area contributed by atoms with E-state index >= 15 is 0 Å². The molecule has 1 aromatic rings. The summed E-state index contributed by atoms with van der Waals surface area (Å²) in [4.78, 5) is 18.4. The number of aromatic nitrogens is 1. The molecule has 0 N–H and O–H groups in total. The Morgan fingerprint density at radius 3 is 2.62 bits per heavy atom. The van der Waals surface area contributed by atoms with E-state index < -0.39 is 0 Å². The monoisotopic (exact) mass is 216 g/mol. The minimum atomic E-state index is 0.120. The molecular formula is C13H16N2O. The maximum atomic E-state index is 12.3. The van der Waals surface area contributed by atoms with Gasteiger partial charge >= 0.3 is 0 Å². The van der Waals surface area contributed by atoms with Gasteiger partial charge in [-0.05, 0) is 43.7 Å². The Morgan fingerprint density at radius 2 is 2.06 bits per heavy atom. The fraction of sp³-hybridized carbons (Fsp3) is 0.538. The van der Waals surface area contributed by atoms with Gasteiger partial charge < -0.3 is 4.90 Å². The van der Waals surface area contributed by atoms with Crippen molar-refractivity contribution < 1.29 is 4.79 Å². The SMILES string of the molecule is O=C(c1ccccn1)N1CC2CCC1CC2. The lowest BCUT2D eigenvalue weighted by molar-refractivity contribution is 0.0328. The summed E-state index contributed by atoms with van der Waals surface area (Å²) in [5, 5.41) is 0. The van der Waals surface area contributed by atoms with Crippen LogP contribution in [0.5, 0.6) is 0 Å². The van der Waals surface area contributed by atoms with Crippen LogP contribution in [0.2, 0.25) is 0 Å². The minimum Gasteiger partial charge on any atom is -0.334 e. The Hall–Kier alpha value is -1.38. The van der Waals surface area contributed by atoms with Crippen LogP contribution >= 0.6 is 0 Å². The highest BCUT2D eigenvalue weighted by Gasteiger charge is 2.36. The minimum absolute atomic E-state index is 0.120. The first-order valence-electron chi connectivity index (χ1n) is 6.06. The summed E-state index contributed by atoms with van der Waals surface area (Å²) < 4.78 is 0. The van der Waals surface area contributed by atoms with Crippen LogP contribution in [0.3, 0.4) is 0 Å². The van der Waals surface area contributed by atoms with E-state index in [-0.39, 0.29) is 5.91 Å². The van der Waals surface area contributed by atoms with Crippen molar-refractivity contribution >= 4 is 5.91 Å². The molecule has 3 heterocycles. The molecular weight excluding hydrogens is 200 g/mol. The van der Waals surface area contributed by atoms with Crippen molar-refractivity contribution in [2.24, 2.45) is 5.92 Å². The standard InChI is InChI=1S/C13H16N2O/c16-13(12-3-1-2-8-14-12)15-9-10-4-6-11(15)7-5-10/h1-3,8,10-11H,4-7,9H2. The fourth-order valence-corrected chi connectivity index (χ4v) is 2.95. The summed E-state index contributed by atoms with van der Waals surface area (Å²) in [7, 11) is 0. The topological polar surface area (TPSA) is 33.2 Å². The lowest BCUT2D eigenvalue weighted by Gasteiger charge is -2.45. The predicted octanol–water partition coefficient (Wildman–Crippen LogP) is 2.10. The summed E-state index contributed by atoms with van der Waals surface area (Å²) in [5.74, 6) is 0.854. The first-order valence-corrected chi connectivity index (χ1v) is 6.06. The van der Waals surface area contributed by atoms with E-state index in [1.807, 2.05) is 23.1 Å². The number of pyridine rings is 1. The summed E-state index contributed by atoms with van der Waals surface area (Å²) in [5.41, 5.74) is 0.593. The van der Waals surface area contributed by atoms with Crippen molar-refractivity contribution in [1.29, 1.82) is 0 Å². The van der Waals surface area contributed by atoms with Crippen LogP contribution < -0.4 is 0 Å². The van der Waals surface area contributed by atoms with E-state index in [1.165, 1.54) is 25.7 Å². The quantitative estimate of drug-likeness (QED) is 0.720. The van der Waals surface area contributed by atoms with Gasteiger partial charge in [-0.1, -0.05) is 6.07 Å². The van der Waals surface area contributed by atoms with Crippen LogP contribution in [0, 0.1) is 5.92 Å². The fourth-order valence-electron chi connectivity index (χ4n) is 2.95. The van der Waals surface area contributed by atoms with Crippen LogP contribution in [0.25, 0.3) is 0 Å². The molecule has 3 nitrogen and oxygen atoms in total. The number of piperidine rings is 2. The molecule has 3 fully saturated rings. The van der Waals surface area contributed by atoms with Crippen LogP contribution in [0.1, 0.15) is 36.2 Å². The van der Waals surface area contributed by atoms with E-state index in [9.17, 15) is 4.79 Å². The molecule has 16 heavy (non-hydrogen) atoms. The molecule has 3 heteroatoms. The average Bonchev–Trinajstić information content (AvgIpc) is 2.40. The van der Waals surface area contributed by atoms with E-state index in [1.54, 1.807) is 6.20 Å². The highest BCUT2D eigenvalue weighted by molar-refractivity contribution is 5.92. The molecule has 2 aliphatic heterocycles. The number of rotatable bonds is 1. The molecule has 4 rings (SSSR count). The number of hydrogen-bond acceptors (Lipinski definition) is 2. The summed E-state index contributed by atoms with van der Waals surface area (Å²) in [6.07, 6.45) is 6.66. The van der Waals surface area contributed by atoms with Crippen molar-refractivity contribution in [2.45, 2.75) is 31.7 Å². The zero-order chi connectivity index (χ0) is 11.0.